The van der Waals surface area contributed by atoms with Crippen LogP contribution in [0, 0.1) is 0 Å². The van der Waals surface area contributed by atoms with Crippen LogP contribution in [-0.2, 0) is 17.8 Å². The lowest BCUT2D eigenvalue weighted by Gasteiger charge is -2.15. The van der Waals surface area contributed by atoms with Crippen LogP contribution in [0.25, 0.3) is 0 Å². The highest BCUT2D eigenvalue weighted by atomic mass is 16.5. The molecule has 8 heteroatoms. The summed E-state index contributed by atoms with van der Waals surface area (Å²) in [6.45, 7) is 2.47. The van der Waals surface area contributed by atoms with Gasteiger partial charge >= 0.3 is 0 Å². The minimum atomic E-state index is -0.214. The van der Waals surface area contributed by atoms with Crippen molar-refractivity contribution in [3.8, 4) is 0 Å². The second-order valence-electron chi connectivity index (χ2n) is 6.47. The molecule has 1 aliphatic carbocycles. The van der Waals surface area contributed by atoms with Crippen molar-refractivity contribution in [2.24, 2.45) is 0 Å². The number of anilines is 1. The van der Waals surface area contributed by atoms with Gasteiger partial charge in [-0.2, -0.15) is 4.98 Å². The summed E-state index contributed by atoms with van der Waals surface area (Å²) in [4.78, 5) is 30.6. The van der Waals surface area contributed by atoms with Gasteiger partial charge in [-0.15, -0.1) is 0 Å². The smallest absolute Gasteiger partial charge is 0.253 e. The number of hydrogen-bond acceptors (Lipinski definition) is 6. The Morgan fingerprint density at radius 3 is 2.77 bits per heavy atom. The quantitative estimate of drug-likeness (QED) is 0.744. The van der Waals surface area contributed by atoms with Gasteiger partial charge in [0.25, 0.3) is 5.91 Å². The molecule has 2 aromatic rings. The Bertz CT molecular complexity index is 785. The summed E-state index contributed by atoms with van der Waals surface area (Å²) in [6.07, 6.45) is 2.73. The number of para-hydroxylation sites is 1. The van der Waals surface area contributed by atoms with Crippen LogP contribution in [0.4, 0.5) is 5.69 Å². The lowest BCUT2D eigenvalue weighted by molar-refractivity contribution is -0.117. The van der Waals surface area contributed by atoms with Crippen molar-refractivity contribution in [3.63, 3.8) is 0 Å². The van der Waals surface area contributed by atoms with Crippen molar-refractivity contribution < 1.29 is 14.1 Å². The molecule has 0 atom stereocenters. The standard InChI is InChI=1S/C18H23N5O3/c1-3-15-21-17(26-22-15)11-23(2)10-16(24)20-14-7-5-4-6-13(14)18(25)19-12-8-9-12/h4-7,12H,3,8-11H2,1-2H3,(H,19,25)(H,20,24). The fourth-order valence-corrected chi connectivity index (χ4v) is 2.50. The molecule has 1 fully saturated rings. The first-order chi connectivity index (χ1) is 12.5. The zero-order chi connectivity index (χ0) is 18.5. The number of rotatable bonds is 8. The zero-order valence-electron chi connectivity index (χ0n) is 15.0. The first-order valence-electron chi connectivity index (χ1n) is 8.75. The van der Waals surface area contributed by atoms with Gasteiger partial charge in [-0.05, 0) is 32.0 Å². The Hall–Kier alpha value is -2.74. The number of amides is 2. The number of aromatic nitrogens is 2. The molecule has 0 radical (unpaired) electrons. The molecule has 138 valence electrons. The fourth-order valence-electron chi connectivity index (χ4n) is 2.50. The molecule has 3 rings (SSSR count). The van der Waals surface area contributed by atoms with Gasteiger partial charge < -0.3 is 15.2 Å². The Kier molecular flexibility index (Phi) is 5.62. The van der Waals surface area contributed by atoms with Crippen molar-refractivity contribution >= 4 is 17.5 Å². The maximum absolute atomic E-state index is 12.3. The number of hydrogen-bond donors (Lipinski definition) is 2. The third-order valence-electron chi connectivity index (χ3n) is 4.00. The van der Waals surface area contributed by atoms with Crippen LogP contribution < -0.4 is 10.6 Å². The van der Waals surface area contributed by atoms with Crippen molar-refractivity contribution in [1.29, 1.82) is 0 Å². The Labute approximate surface area is 151 Å². The van der Waals surface area contributed by atoms with Crippen LogP contribution in [0.1, 0.15) is 41.8 Å². The predicted octanol–water partition coefficient (Wildman–Crippen LogP) is 1.59. The lowest BCUT2D eigenvalue weighted by atomic mass is 10.1. The van der Waals surface area contributed by atoms with Crippen LogP contribution in [0.15, 0.2) is 28.8 Å². The van der Waals surface area contributed by atoms with E-state index in [1.165, 1.54) is 0 Å². The highest BCUT2D eigenvalue weighted by molar-refractivity contribution is 6.04. The van der Waals surface area contributed by atoms with Crippen LogP contribution in [0.2, 0.25) is 0 Å². The van der Waals surface area contributed by atoms with E-state index in [0.717, 1.165) is 12.8 Å². The van der Waals surface area contributed by atoms with E-state index in [9.17, 15) is 9.59 Å². The van der Waals surface area contributed by atoms with E-state index in [1.54, 1.807) is 36.2 Å². The molecule has 0 bridgehead atoms. The van der Waals surface area contributed by atoms with Crippen molar-refractivity contribution in [2.45, 2.75) is 38.8 Å². The summed E-state index contributed by atoms with van der Waals surface area (Å²) >= 11 is 0. The average Bonchev–Trinajstić information content (AvgIpc) is 3.31. The van der Waals surface area contributed by atoms with E-state index in [0.29, 0.717) is 35.9 Å². The number of carbonyl (C=O) groups is 2. The molecule has 1 aromatic heterocycles. The van der Waals surface area contributed by atoms with Gasteiger partial charge in [-0.25, -0.2) is 0 Å². The lowest BCUT2D eigenvalue weighted by Crippen LogP contribution is -2.31. The van der Waals surface area contributed by atoms with Gasteiger partial charge in [0.05, 0.1) is 24.3 Å². The van der Waals surface area contributed by atoms with Crippen LogP contribution in [-0.4, -0.2) is 46.5 Å². The summed E-state index contributed by atoms with van der Waals surface area (Å²) in [7, 11) is 1.79. The SMILES string of the molecule is CCc1noc(CN(C)CC(=O)Nc2ccccc2C(=O)NC2CC2)n1. The molecular formula is C18H23N5O3. The number of aryl methyl sites for hydroxylation is 1. The Morgan fingerprint density at radius 1 is 1.31 bits per heavy atom. The molecule has 1 aromatic carbocycles. The minimum absolute atomic E-state index is 0.141. The number of carbonyl (C=O) groups excluding carboxylic acids is 2. The molecule has 0 aliphatic heterocycles. The largest absolute Gasteiger partial charge is 0.349 e. The van der Waals surface area contributed by atoms with Gasteiger partial charge in [0.2, 0.25) is 11.8 Å². The summed E-state index contributed by atoms with van der Waals surface area (Å²) in [5, 5.41) is 9.58. The molecule has 1 heterocycles. The number of benzene rings is 1. The van der Waals surface area contributed by atoms with E-state index in [2.05, 4.69) is 20.8 Å². The van der Waals surface area contributed by atoms with E-state index in [4.69, 9.17) is 4.52 Å². The number of nitrogens with one attached hydrogen (secondary N) is 2. The molecule has 0 spiro atoms. The van der Waals surface area contributed by atoms with Gasteiger partial charge in [0, 0.05) is 12.5 Å². The third kappa shape index (κ3) is 4.89. The monoisotopic (exact) mass is 357 g/mol. The predicted molar refractivity (Wildman–Crippen MR) is 95.6 cm³/mol. The van der Waals surface area contributed by atoms with E-state index in [-0.39, 0.29) is 24.4 Å². The van der Waals surface area contributed by atoms with Gasteiger partial charge in [0.1, 0.15) is 0 Å². The number of nitrogens with zero attached hydrogens (tertiary/aromatic N) is 3. The number of likely N-dealkylation sites (N-methyl/N-ethyl adjacent to an activating group) is 1. The highest BCUT2D eigenvalue weighted by Crippen LogP contribution is 2.21. The first kappa shape index (κ1) is 18.1. The van der Waals surface area contributed by atoms with E-state index < -0.39 is 0 Å². The normalized spacial score (nSPS) is 13.7. The molecule has 1 saturated carbocycles. The highest BCUT2D eigenvalue weighted by Gasteiger charge is 2.25. The molecule has 26 heavy (non-hydrogen) atoms. The van der Waals surface area contributed by atoms with Crippen molar-refractivity contribution in [1.82, 2.24) is 20.4 Å². The van der Waals surface area contributed by atoms with E-state index in [1.807, 2.05) is 6.92 Å². The topological polar surface area (TPSA) is 100 Å². The van der Waals surface area contributed by atoms with Crippen molar-refractivity contribution in [2.75, 3.05) is 18.9 Å². The molecule has 1 aliphatic rings. The molecule has 2 N–H and O–H groups in total. The molecule has 2 amide bonds. The second kappa shape index (κ2) is 8.09. The molecule has 8 nitrogen and oxygen atoms in total. The summed E-state index contributed by atoms with van der Waals surface area (Å²) in [5.74, 6) is 0.749. The molecular weight excluding hydrogens is 334 g/mol. The summed E-state index contributed by atoms with van der Waals surface area (Å²) in [6, 6.07) is 7.27. The van der Waals surface area contributed by atoms with Crippen molar-refractivity contribution in [3.05, 3.63) is 41.5 Å². The van der Waals surface area contributed by atoms with Gasteiger partial charge in [0.15, 0.2) is 5.82 Å². The molecule has 0 unspecified atom stereocenters. The maximum atomic E-state index is 12.3. The second-order valence-corrected chi connectivity index (χ2v) is 6.47. The van der Waals surface area contributed by atoms with E-state index >= 15 is 0 Å². The minimum Gasteiger partial charge on any atom is -0.349 e. The van der Waals surface area contributed by atoms with Crippen LogP contribution in [0.5, 0.6) is 0 Å². The van der Waals surface area contributed by atoms with Gasteiger partial charge in [-0.3, -0.25) is 14.5 Å². The summed E-state index contributed by atoms with van der Waals surface area (Å²) in [5.41, 5.74) is 0.981. The Balaban J connectivity index is 1.56. The summed E-state index contributed by atoms with van der Waals surface area (Å²) < 4.78 is 5.13. The Morgan fingerprint density at radius 2 is 2.08 bits per heavy atom. The fraction of sp³-hybridized carbons (Fsp3) is 0.444. The average molecular weight is 357 g/mol. The molecule has 0 saturated heterocycles. The first-order valence-corrected chi connectivity index (χ1v) is 8.75. The van der Waals surface area contributed by atoms with Gasteiger partial charge in [-0.1, -0.05) is 24.2 Å². The van der Waals surface area contributed by atoms with Crippen LogP contribution >= 0.6 is 0 Å². The zero-order valence-corrected chi connectivity index (χ0v) is 15.0. The maximum Gasteiger partial charge on any atom is 0.253 e. The third-order valence-corrected chi connectivity index (χ3v) is 4.00. The van der Waals surface area contributed by atoms with Crippen LogP contribution in [0.3, 0.4) is 0 Å².